The molecular weight excluding hydrogens is 275 g/mol. The first kappa shape index (κ1) is 14.2. The molecule has 0 aromatic heterocycles. The summed E-state index contributed by atoms with van der Waals surface area (Å²) in [6.07, 6.45) is 7.38. The van der Waals surface area contributed by atoms with E-state index < -0.39 is 0 Å². The molecule has 3 rings (SSSR count). The van der Waals surface area contributed by atoms with Gasteiger partial charge in [-0.3, -0.25) is 0 Å². The van der Waals surface area contributed by atoms with Gasteiger partial charge < -0.3 is 10.6 Å². The first-order chi connectivity index (χ1) is 9.75. The Hall–Kier alpha value is -0.800. The largest absolute Gasteiger partial charge is 0.380 e. The molecule has 1 aromatic rings. The molecule has 0 amide bonds. The lowest BCUT2D eigenvalue weighted by Crippen LogP contribution is -2.43. The summed E-state index contributed by atoms with van der Waals surface area (Å²) in [6.45, 7) is 1.12. The van der Waals surface area contributed by atoms with Crippen LogP contribution in [0.2, 0.25) is 5.02 Å². The Morgan fingerprint density at radius 2 is 2.00 bits per heavy atom. The molecule has 0 spiro atoms. The van der Waals surface area contributed by atoms with Gasteiger partial charge in [0, 0.05) is 12.1 Å². The number of anilines is 1. The SMILES string of the molecule is Fc1c(Cl)cccc1NC1CCCCC1C1CCCN1. The topological polar surface area (TPSA) is 24.1 Å². The van der Waals surface area contributed by atoms with E-state index in [9.17, 15) is 4.39 Å². The van der Waals surface area contributed by atoms with Crippen LogP contribution < -0.4 is 10.6 Å². The molecule has 1 saturated heterocycles. The summed E-state index contributed by atoms with van der Waals surface area (Å²) >= 11 is 5.87. The summed E-state index contributed by atoms with van der Waals surface area (Å²) < 4.78 is 14.1. The van der Waals surface area contributed by atoms with E-state index in [0.29, 0.717) is 23.7 Å². The van der Waals surface area contributed by atoms with Crippen molar-refractivity contribution >= 4 is 17.3 Å². The predicted octanol–water partition coefficient (Wildman–Crippen LogP) is 4.20. The van der Waals surface area contributed by atoms with E-state index in [1.165, 1.54) is 32.1 Å². The van der Waals surface area contributed by atoms with Crippen molar-refractivity contribution in [3.8, 4) is 0 Å². The van der Waals surface area contributed by atoms with Gasteiger partial charge in [-0.25, -0.2) is 4.39 Å². The zero-order valence-corrected chi connectivity index (χ0v) is 12.4. The molecule has 2 N–H and O–H groups in total. The van der Waals surface area contributed by atoms with Crippen molar-refractivity contribution in [1.29, 1.82) is 0 Å². The molecule has 1 aromatic carbocycles. The highest BCUT2D eigenvalue weighted by atomic mass is 35.5. The van der Waals surface area contributed by atoms with Crippen LogP contribution in [0.4, 0.5) is 10.1 Å². The molecule has 0 bridgehead atoms. The second-order valence-corrected chi connectivity index (χ2v) is 6.41. The number of hydrogen-bond acceptors (Lipinski definition) is 2. The van der Waals surface area contributed by atoms with E-state index in [1.54, 1.807) is 18.2 Å². The van der Waals surface area contributed by atoms with E-state index in [2.05, 4.69) is 10.6 Å². The van der Waals surface area contributed by atoms with E-state index in [0.717, 1.165) is 13.0 Å². The predicted molar refractivity (Wildman–Crippen MR) is 81.8 cm³/mol. The third kappa shape index (κ3) is 2.94. The Morgan fingerprint density at radius 3 is 2.80 bits per heavy atom. The first-order valence-electron chi connectivity index (χ1n) is 7.69. The van der Waals surface area contributed by atoms with Crippen LogP contribution in [0.25, 0.3) is 0 Å². The highest BCUT2D eigenvalue weighted by Gasteiger charge is 2.33. The average molecular weight is 297 g/mol. The van der Waals surface area contributed by atoms with Gasteiger partial charge in [-0.15, -0.1) is 0 Å². The Morgan fingerprint density at radius 1 is 1.15 bits per heavy atom. The van der Waals surface area contributed by atoms with E-state index in [4.69, 9.17) is 11.6 Å². The molecule has 1 heterocycles. The van der Waals surface area contributed by atoms with E-state index in [-0.39, 0.29) is 10.8 Å². The van der Waals surface area contributed by atoms with Crippen molar-refractivity contribution in [2.45, 2.75) is 50.6 Å². The van der Waals surface area contributed by atoms with Gasteiger partial charge in [-0.05, 0) is 50.3 Å². The first-order valence-corrected chi connectivity index (χ1v) is 8.07. The molecule has 3 unspecified atom stereocenters. The second kappa shape index (κ2) is 6.31. The van der Waals surface area contributed by atoms with Crippen LogP contribution in [0.5, 0.6) is 0 Å². The van der Waals surface area contributed by atoms with Crippen molar-refractivity contribution in [2.75, 3.05) is 11.9 Å². The van der Waals surface area contributed by atoms with Crippen LogP contribution in [0.1, 0.15) is 38.5 Å². The maximum atomic E-state index is 14.1. The fraction of sp³-hybridized carbons (Fsp3) is 0.625. The van der Waals surface area contributed by atoms with Gasteiger partial charge in [0.1, 0.15) is 0 Å². The average Bonchev–Trinajstić information content (AvgIpc) is 2.98. The highest BCUT2D eigenvalue weighted by molar-refractivity contribution is 6.31. The molecule has 3 atom stereocenters. The Balaban J connectivity index is 1.74. The van der Waals surface area contributed by atoms with Gasteiger partial charge in [0.2, 0.25) is 0 Å². The van der Waals surface area contributed by atoms with Crippen LogP contribution in [0.3, 0.4) is 0 Å². The molecule has 1 aliphatic carbocycles. The summed E-state index contributed by atoms with van der Waals surface area (Å²) in [5.74, 6) is 0.280. The van der Waals surface area contributed by atoms with Gasteiger partial charge >= 0.3 is 0 Å². The van der Waals surface area contributed by atoms with E-state index in [1.807, 2.05) is 0 Å². The summed E-state index contributed by atoms with van der Waals surface area (Å²) in [5.41, 5.74) is 0.549. The summed E-state index contributed by atoms with van der Waals surface area (Å²) in [6, 6.07) is 6.13. The molecule has 20 heavy (non-hydrogen) atoms. The molecule has 2 fully saturated rings. The number of nitrogens with one attached hydrogen (secondary N) is 2. The van der Waals surface area contributed by atoms with Crippen LogP contribution in [0.15, 0.2) is 18.2 Å². The van der Waals surface area contributed by atoms with Gasteiger partial charge in [-0.1, -0.05) is 30.5 Å². The minimum absolute atomic E-state index is 0.196. The molecule has 2 aliphatic rings. The maximum absolute atomic E-state index is 14.1. The molecule has 0 radical (unpaired) electrons. The number of rotatable bonds is 3. The Labute approximate surface area is 125 Å². The third-order valence-electron chi connectivity index (χ3n) is 4.73. The zero-order valence-electron chi connectivity index (χ0n) is 11.7. The number of benzene rings is 1. The lowest BCUT2D eigenvalue weighted by Gasteiger charge is -2.37. The molecule has 4 heteroatoms. The fourth-order valence-corrected chi connectivity index (χ4v) is 3.89. The summed E-state index contributed by atoms with van der Waals surface area (Å²) in [5, 5.41) is 7.22. The van der Waals surface area contributed by atoms with Crippen molar-refractivity contribution in [3.63, 3.8) is 0 Å². The van der Waals surface area contributed by atoms with Crippen LogP contribution in [0, 0.1) is 11.7 Å². The Bertz CT molecular complexity index is 460. The van der Waals surface area contributed by atoms with E-state index >= 15 is 0 Å². The minimum atomic E-state index is -0.321. The third-order valence-corrected chi connectivity index (χ3v) is 5.02. The van der Waals surface area contributed by atoms with Gasteiger partial charge in [0.15, 0.2) is 5.82 Å². The van der Waals surface area contributed by atoms with Crippen LogP contribution in [-0.4, -0.2) is 18.6 Å². The second-order valence-electron chi connectivity index (χ2n) is 6.00. The lowest BCUT2D eigenvalue weighted by molar-refractivity contribution is 0.262. The quantitative estimate of drug-likeness (QED) is 0.873. The van der Waals surface area contributed by atoms with Gasteiger partial charge in [0.05, 0.1) is 10.7 Å². The zero-order chi connectivity index (χ0) is 13.9. The fourth-order valence-electron chi connectivity index (χ4n) is 3.71. The smallest absolute Gasteiger partial charge is 0.164 e. The molecule has 110 valence electrons. The van der Waals surface area contributed by atoms with Crippen molar-refractivity contribution in [1.82, 2.24) is 5.32 Å². The number of halogens is 2. The molecular formula is C16H22ClFN2. The lowest BCUT2D eigenvalue weighted by atomic mass is 9.79. The maximum Gasteiger partial charge on any atom is 0.164 e. The summed E-state index contributed by atoms with van der Waals surface area (Å²) in [7, 11) is 0. The highest BCUT2D eigenvalue weighted by Crippen LogP contribution is 2.33. The van der Waals surface area contributed by atoms with Crippen molar-refractivity contribution in [2.24, 2.45) is 5.92 Å². The normalized spacial score (nSPS) is 30.4. The number of hydrogen-bond donors (Lipinski definition) is 2. The van der Waals surface area contributed by atoms with Crippen LogP contribution >= 0.6 is 11.6 Å². The molecule has 1 aliphatic heterocycles. The van der Waals surface area contributed by atoms with Crippen LogP contribution in [-0.2, 0) is 0 Å². The van der Waals surface area contributed by atoms with Gasteiger partial charge in [-0.2, -0.15) is 0 Å². The van der Waals surface area contributed by atoms with Crippen molar-refractivity contribution < 1.29 is 4.39 Å². The molecule has 1 saturated carbocycles. The van der Waals surface area contributed by atoms with Gasteiger partial charge in [0.25, 0.3) is 0 Å². The molecule has 2 nitrogen and oxygen atoms in total. The Kier molecular flexibility index (Phi) is 4.47. The minimum Gasteiger partial charge on any atom is -0.380 e. The monoisotopic (exact) mass is 296 g/mol. The summed E-state index contributed by atoms with van der Waals surface area (Å²) in [4.78, 5) is 0. The van der Waals surface area contributed by atoms with Crippen molar-refractivity contribution in [3.05, 3.63) is 29.0 Å². The standard InChI is InChI=1S/C16H22ClFN2/c17-12-6-3-8-15(16(12)18)20-14-7-2-1-5-11(14)13-9-4-10-19-13/h3,6,8,11,13-14,19-20H,1-2,4-5,7,9-10H2.